The Kier molecular flexibility index (Phi) is 4.77. The fourth-order valence-corrected chi connectivity index (χ4v) is 1.75. The second-order valence-corrected chi connectivity index (χ2v) is 4.41. The summed E-state index contributed by atoms with van der Waals surface area (Å²) in [6.07, 6.45) is 0.639. The number of nitrogens with zero attached hydrogens (tertiary/aromatic N) is 3. The third kappa shape index (κ3) is 3.96. The zero-order valence-corrected chi connectivity index (χ0v) is 11.5. The van der Waals surface area contributed by atoms with Gasteiger partial charge in [0.1, 0.15) is 0 Å². The van der Waals surface area contributed by atoms with Crippen molar-refractivity contribution in [2.24, 2.45) is 0 Å². The van der Waals surface area contributed by atoms with Gasteiger partial charge in [0, 0.05) is 18.7 Å². The van der Waals surface area contributed by atoms with E-state index < -0.39 is 4.92 Å². The standard InChI is InChI=1S/C11H12ClN5O4/c12-8-6-7(17(18)19)2-3-9(8)14-4-1-5-20-11-10(13)15-21-16-11/h2-3,6,14H,1,4-5H2,(H2,13,15). The lowest BCUT2D eigenvalue weighted by molar-refractivity contribution is -0.384. The first-order chi connectivity index (χ1) is 10.1. The number of nitrogens with one attached hydrogen (secondary N) is 1. The molecule has 3 N–H and O–H groups in total. The monoisotopic (exact) mass is 313 g/mol. The number of ether oxygens (including phenoxy) is 1. The zero-order chi connectivity index (χ0) is 15.2. The van der Waals surface area contributed by atoms with Gasteiger partial charge in [0.05, 0.1) is 22.2 Å². The van der Waals surface area contributed by atoms with Crippen molar-refractivity contribution in [3.8, 4) is 5.88 Å². The molecule has 0 radical (unpaired) electrons. The average Bonchev–Trinajstić information content (AvgIpc) is 2.85. The van der Waals surface area contributed by atoms with Crippen LogP contribution in [0.4, 0.5) is 17.2 Å². The van der Waals surface area contributed by atoms with Gasteiger partial charge in [-0.2, -0.15) is 0 Å². The first-order valence-corrected chi connectivity index (χ1v) is 6.34. The maximum absolute atomic E-state index is 10.6. The summed E-state index contributed by atoms with van der Waals surface area (Å²) in [7, 11) is 0. The van der Waals surface area contributed by atoms with Crippen molar-refractivity contribution >= 4 is 28.8 Å². The third-order valence-corrected chi connectivity index (χ3v) is 2.83. The predicted octanol–water partition coefficient (Wildman–Crippen LogP) is 2.09. The summed E-state index contributed by atoms with van der Waals surface area (Å²) in [5.41, 5.74) is 5.99. The highest BCUT2D eigenvalue weighted by molar-refractivity contribution is 6.33. The van der Waals surface area contributed by atoms with Crippen LogP contribution in [-0.4, -0.2) is 28.4 Å². The second kappa shape index (κ2) is 6.75. The van der Waals surface area contributed by atoms with E-state index in [0.717, 1.165) is 0 Å². The van der Waals surface area contributed by atoms with Crippen LogP contribution in [0.2, 0.25) is 5.02 Å². The molecule has 0 aliphatic carbocycles. The highest BCUT2D eigenvalue weighted by Gasteiger charge is 2.09. The molecular formula is C11H12ClN5O4. The SMILES string of the molecule is Nc1nonc1OCCCNc1ccc([N+](=O)[O-])cc1Cl. The Bertz CT molecular complexity index is 633. The van der Waals surface area contributed by atoms with E-state index >= 15 is 0 Å². The number of nitro benzene ring substituents is 1. The maximum atomic E-state index is 10.6. The van der Waals surface area contributed by atoms with Crippen LogP contribution in [-0.2, 0) is 0 Å². The number of halogens is 1. The summed E-state index contributed by atoms with van der Waals surface area (Å²) in [5, 5.41) is 20.8. The van der Waals surface area contributed by atoms with Gasteiger partial charge in [-0.05, 0) is 22.8 Å². The minimum Gasteiger partial charge on any atom is -0.473 e. The van der Waals surface area contributed by atoms with Crippen molar-refractivity contribution in [3.05, 3.63) is 33.3 Å². The van der Waals surface area contributed by atoms with Gasteiger partial charge < -0.3 is 15.8 Å². The molecule has 0 unspecified atom stereocenters. The summed E-state index contributed by atoms with van der Waals surface area (Å²) in [5.74, 6) is 0.254. The van der Waals surface area contributed by atoms with Crippen molar-refractivity contribution in [1.82, 2.24) is 10.3 Å². The van der Waals surface area contributed by atoms with Gasteiger partial charge in [0.25, 0.3) is 11.6 Å². The molecule has 0 saturated heterocycles. The Morgan fingerprint density at radius 1 is 1.48 bits per heavy atom. The number of anilines is 2. The lowest BCUT2D eigenvalue weighted by Gasteiger charge is -2.08. The van der Waals surface area contributed by atoms with Crippen molar-refractivity contribution < 1.29 is 14.3 Å². The molecule has 10 heteroatoms. The molecule has 0 amide bonds. The molecule has 2 rings (SSSR count). The molecule has 0 bridgehead atoms. The second-order valence-electron chi connectivity index (χ2n) is 4.00. The Hall–Kier alpha value is -2.55. The van der Waals surface area contributed by atoms with Gasteiger partial charge in [0.2, 0.25) is 5.82 Å². The number of non-ortho nitro benzene ring substituents is 1. The summed E-state index contributed by atoms with van der Waals surface area (Å²) in [6.45, 7) is 0.915. The molecule has 2 aromatic rings. The van der Waals surface area contributed by atoms with Crippen molar-refractivity contribution in [2.75, 3.05) is 24.2 Å². The van der Waals surface area contributed by atoms with E-state index in [1.54, 1.807) is 6.07 Å². The van der Waals surface area contributed by atoms with Crippen LogP contribution in [0.5, 0.6) is 5.88 Å². The van der Waals surface area contributed by atoms with Crippen LogP contribution in [0.25, 0.3) is 0 Å². The summed E-state index contributed by atoms with van der Waals surface area (Å²) in [4.78, 5) is 10.1. The molecule has 9 nitrogen and oxygen atoms in total. The smallest absolute Gasteiger partial charge is 0.300 e. The Balaban J connectivity index is 1.76. The van der Waals surface area contributed by atoms with Crippen molar-refractivity contribution in [3.63, 3.8) is 0 Å². The quantitative estimate of drug-likeness (QED) is 0.451. The fraction of sp³-hybridized carbons (Fsp3) is 0.273. The minimum absolute atomic E-state index is 0.0529. The molecule has 1 heterocycles. The molecular weight excluding hydrogens is 302 g/mol. The molecule has 0 spiro atoms. The lowest BCUT2D eigenvalue weighted by Crippen LogP contribution is -2.08. The van der Waals surface area contributed by atoms with Gasteiger partial charge >= 0.3 is 0 Å². The summed E-state index contributed by atoms with van der Waals surface area (Å²) >= 11 is 5.94. The molecule has 0 fully saturated rings. The number of benzene rings is 1. The first kappa shape index (κ1) is 14.9. The number of rotatable bonds is 7. The van der Waals surface area contributed by atoms with Crippen LogP contribution in [0, 0.1) is 10.1 Å². The number of nitrogens with two attached hydrogens (primary N) is 1. The van der Waals surface area contributed by atoms with Crippen LogP contribution in [0.1, 0.15) is 6.42 Å². The van der Waals surface area contributed by atoms with E-state index in [4.69, 9.17) is 22.1 Å². The van der Waals surface area contributed by atoms with Crippen LogP contribution >= 0.6 is 11.6 Å². The number of hydrogen-bond acceptors (Lipinski definition) is 8. The van der Waals surface area contributed by atoms with Gasteiger partial charge in [-0.3, -0.25) is 10.1 Å². The summed E-state index contributed by atoms with van der Waals surface area (Å²) < 4.78 is 9.62. The highest BCUT2D eigenvalue weighted by Crippen LogP contribution is 2.26. The number of aromatic nitrogens is 2. The molecule has 112 valence electrons. The molecule has 1 aromatic heterocycles. The van der Waals surface area contributed by atoms with Crippen molar-refractivity contribution in [1.29, 1.82) is 0 Å². The van der Waals surface area contributed by atoms with Gasteiger partial charge in [-0.1, -0.05) is 11.6 Å². The van der Waals surface area contributed by atoms with E-state index in [9.17, 15) is 10.1 Å². The van der Waals surface area contributed by atoms with Gasteiger partial charge in [0.15, 0.2) is 0 Å². The van der Waals surface area contributed by atoms with Crippen LogP contribution < -0.4 is 15.8 Å². The topological polar surface area (TPSA) is 129 Å². The summed E-state index contributed by atoms with van der Waals surface area (Å²) in [6, 6.07) is 4.23. The van der Waals surface area contributed by atoms with E-state index in [1.807, 2.05) is 0 Å². The Labute approximate surface area is 124 Å². The first-order valence-electron chi connectivity index (χ1n) is 5.96. The molecule has 0 saturated carbocycles. The van der Waals surface area contributed by atoms with E-state index in [0.29, 0.717) is 25.3 Å². The molecule has 21 heavy (non-hydrogen) atoms. The van der Waals surface area contributed by atoms with Gasteiger partial charge in [-0.15, -0.1) is 0 Å². The number of hydrogen-bond donors (Lipinski definition) is 2. The van der Waals surface area contributed by atoms with Crippen LogP contribution in [0.3, 0.4) is 0 Å². The van der Waals surface area contributed by atoms with E-state index in [1.165, 1.54) is 12.1 Å². The normalized spacial score (nSPS) is 10.3. The largest absolute Gasteiger partial charge is 0.473 e. The Morgan fingerprint density at radius 3 is 2.90 bits per heavy atom. The number of nitro groups is 1. The minimum atomic E-state index is -0.500. The highest BCUT2D eigenvalue weighted by atomic mass is 35.5. The predicted molar refractivity (Wildman–Crippen MR) is 75.4 cm³/mol. The number of nitrogen functional groups attached to an aromatic ring is 1. The molecule has 0 aliphatic rings. The fourth-order valence-electron chi connectivity index (χ4n) is 1.51. The van der Waals surface area contributed by atoms with Crippen LogP contribution in [0.15, 0.2) is 22.8 Å². The molecule has 0 atom stereocenters. The average molecular weight is 314 g/mol. The molecule has 1 aromatic carbocycles. The molecule has 0 aliphatic heterocycles. The lowest BCUT2D eigenvalue weighted by atomic mass is 10.2. The van der Waals surface area contributed by atoms with E-state index in [2.05, 4.69) is 20.3 Å². The van der Waals surface area contributed by atoms with E-state index in [-0.39, 0.29) is 22.4 Å². The zero-order valence-electron chi connectivity index (χ0n) is 10.8. The third-order valence-electron chi connectivity index (χ3n) is 2.52. The maximum Gasteiger partial charge on any atom is 0.300 e. The Morgan fingerprint density at radius 2 is 2.29 bits per heavy atom. The van der Waals surface area contributed by atoms with Gasteiger partial charge in [-0.25, -0.2) is 4.63 Å². The van der Waals surface area contributed by atoms with Crippen molar-refractivity contribution in [2.45, 2.75) is 6.42 Å².